The van der Waals surface area contributed by atoms with E-state index in [9.17, 15) is 19.0 Å². The van der Waals surface area contributed by atoms with Crippen LogP contribution in [-0.4, -0.2) is 70.0 Å². The van der Waals surface area contributed by atoms with Gasteiger partial charge in [-0.2, -0.15) is 0 Å². The summed E-state index contributed by atoms with van der Waals surface area (Å²) in [6.07, 6.45) is 102. The molecule has 0 fully saturated rings. The number of esters is 2. The van der Waals surface area contributed by atoms with E-state index < -0.39 is 26.5 Å². The van der Waals surface area contributed by atoms with Crippen molar-refractivity contribution in [3.8, 4) is 0 Å². The van der Waals surface area contributed by atoms with Gasteiger partial charge in [0.2, 0.25) is 0 Å². The first-order valence-corrected chi connectivity index (χ1v) is 40.1. The van der Waals surface area contributed by atoms with E-state index in [1.165, 1.54) is 225 Å². The fourth-order valence-corrected chi connectivity index (χ4v) is 11.6. The van der Waals surface area contributed by atoms with Gasteiger partial charge in [-0.05, 0) is 103 Å². The lowest BCUT2D eigenvalue weighted by Crippen LogP contribution is -2.37. The highest BCUT2D eigenvalue weighted by Crippen LogP contribution is 2.38. The van der Waals surface area contributed by atoms with E-state index in [2.05, 4.69) is 123 Å². The minimum absolute atomic E-state index is 0.0324. The fourth-order valence-electron chi connectivity index (χ4n) is 10.9. The van der Waals surface area contributed by atoms with Gasteiger partial charge in [0.1, 0.15) is 19.8 Å². The number of likely N-dealkylation sites (N-methyl/N-ethyl adjacent to an activating group) is 1. The van der Waals surface area contributed by atoms with Crippen molar-refractivity contribution < 1.29 is 42.1 Å². The second kappa shape index (κ2) is 72.0. The molecule has 0 aliphatic carbocycles. The lowest BCUT2D eigenvalue weighted by atomic mass is 10.0. The molecule has 92 heavy (non-hydrogen) atoms. The van der Waals surface area contributed by atoms with Gasteiger partial charge in [0, 0.05) is 12.8 Å². The molecule has 0 bridgehead atoms. The SMILES string of the molecule is CC/C=C\C/C=C\C/C=C\C/C=C\C/C=C\C/C=C\CCCCCCCCCCCCCCCCCCCCCCCCC(=O)OC(COC(=O)CCCCCCCCCCCCCC/C=C\C/C=C\C/C=C\CCCCCCC)COP(=O)([O-])OCC[N+](C)(C)C. The Kier molecular flexibility index (Phi) is 69.3. The highest BCUT2D eigenvalue weighted by atomic mass is 31.2. The molecule has 2 atom stereocenters. The maximum Gasteiger partial charge on any atom is 0.306 e. The Morgan fingerprint density at radius 1 is 0.348 bits per heavy atom. The molecule has 0 aromatic rings. The zero-order chi connectivity index (χ0) is 66.9. The number of hydrogen-bond donors (Lipinski definition) is 0. The topological polar surface area (TPSA) is 111 Å². The zero-order valence-electron chi connectivity index (χ0n) is 60.7. The van der Waals surface area contributed by atoms with E-state index >= 15 is 0 Å². The van der Waals surface area contributed by atoms with Crippen molar-refractivity contribution in [3.63, 3.8) is 0 Å². The molecule has 0 saturated heterocycles. The highest BCUT2D eigenvalue weighted by molar-refractivity contribution is 7.45. The quantitative estimate of drug-likeness (QED) is 0.0195. The molecule has 0 aliphatic rings. The van der Waals surface area contributed by atoms with Crippen LogP contribution in [-0.2, 0) is 32.7 Å². The highest BCUT2D eigenvalue weighted by Gasteiger charge is 2.22. The Balaban J connectivity index is 3.95. The average molecular weight is 1310 g/mol. The summed E-state index contributed by atoms with van der Waals surface area (Å²) in [5, 5.41) is 0. The minimum atomic E-state index is -4.65. The summed E-state index contributed by atoms with van der Waals surface area (Å²) in [5.41, 5.74) is 0. The van der Waals surface area contributed by atoms with E-state index in [1.807, 2.05) is 21.1 Å². The van der Waals surface area contributed by atoms with E-state index in [-0.39, 0.29) is 32.0 Å². The smallest absolute Gasteiger partial charge is 0.306 e. The number of allylic oxidation sites excluding steroid dienone is 18. The third kappa shape index (κ3) is 75.7. The van der Waals surface area contributed by atoms with Crippen LogP contribution in [0, 0.1) is 0 Å². The number of phosphoric ester groups is 1. The van der Waals surface area contributed by atoms with Crippen molar-refractivity contribution >= 4 is 19.8 Å². The molecule has 0 spiro atoms. The molecule has 0 amide bonds. The molecule has 532 valence electrons. The van der Waals surface area contributed by atoms with E-state index in [0.29, 0.717) is 17.4 Å². The predicted octanol–water partition coefficient (Wildman–Crippen LogP) is 25.0. The number of phosphoric acid groups is 1. The maximum atomic E-state index is 12.9. The second-order valence-electron chi connectivity index (χ2n) is 27.0. The molecule has 0 saturated carbocycles. The standard InChI is InChI=1S/C82H146NO8P/c1-6-8-10-12-14-16-18-20-22-24-26-28-30-32-34-35-36-37-38-39-40-41-42-43-44-45-46-47-49-51-53-55-57-59-61-63-65-67-69-71-73-75-82(85)91-80(79-90-92(86,87)89-77-76-83(3,4)5)78-88-81(84)74-72-70-68-66-64-62-60-58-56-54-52-50-48-33-31-29-27-25-23-21-19-17-15-13-11-9-7-2/h8,10,14,16,19-22,25-28,31-34,36-37,80H,6-7,9,11-13,15,17-18,23-24,29-30,35,38-79H2,1-5H3/b10-8-,16-14-,21-19-,22-20-,27-25-,28-26-,33-31-,34-32-,37-36-. The van der Waals surface area contributed by atoms with E-state index in [1.54, 1.807) is 0 Å². The monoisotopic (exact) mass is 1300 g/mol. The molecule has 0 aliphatic heterocycles. The first-order valence-electron chi connectivity index (χ1n) is 38.6. The summed E-state index contributed by atoms with van der Waals surface area (Å²) in [4.78, 5) is 38.1. The molecule has 0 N–H and O–H groups in total. The normalized spacial score (nSPS) is 13.7. The number of rotatable bonds is 71. The largest absolute Gasteiger partial charge is 0.756 e. The van der Waals surface area contributed by atoms with Crippen LogP contribution in [0.2, 0.25) is 0 Å². The molecule has 9 nitrogen and oxygen atoms in total. The van der Waals surface area contributed by atoms with Crippen molar-refractivity contribution in [2.45, 2.75) is 354 Å². The molecule has 0 aromatic heterocycles. The van der Waals surface area contributed by atoms with Crippen LogP contribution >= 0.6 is 7.82 Å². The van der Waals surface area contributed by atoms with Crippen LogP contribution in [0.4, 0.5) is 0 Å². The Morgan fingerprint density at radius 2 is 0.620 bits per heavy atom. The molecular formula is C82H146NO8P. The number of ether oxygens (including phenoxy) is 2. The van der Waals surface area contributed by atoms with Crippen LogP contribution < -0.4 is 4.89 Å². The van der Waals surface area contributed by atoms with Gasteiger partial charge >= 0.3 is 11.9 Å². The molecule has 10 heteroatoms. The van der Waals surface area contributed by atoms with Crippen LogP contribution in [0.3, 0.4) is 0 Å². The number of hydrogen-bond acceptors (Lipinski definition) is 8. The number of nitrogens with zero attached hydrogens (tertiary/aromatic N) is 1. The predicted molar refractivity (Wildman–Crippen MR) is 397 cm³/mol. The lowest BCUT2D eigenvalue weighted by Gasteiger charge is -2.28. The number of carbonyl (C=O) groups excluding carboxylic acids is 2. The molecule has 0 rings (SSSR count). The fraction of sp³-hybridized carbons (Fsp3) is 0.756. The summed E-state index contributed by atoms with van der Waals surface area (Å²) in [5.74, 6) is -0.823. The van der Waals surface area contributed by atoms with Crippen molar-refractivity contribution in [2.75, 3.05) is 47.5 Å². The Morgan fingerprint density at radius 3 is 0.924 bits per heavy atom. The zero-order valence-corrected chi connectivity index (χ0v) is 61.6. The summed E-state index contributed by atoms with van der Waals surface area (Å²) in [6.45, 7) is 4.15. The average Bonchev–Trinajstić information content (AvgIpc) is 2.23. The number of unbranched alkanes of at least 4 members (excludes halogenated alkanes) is 39. The summed E-state index contributed by atoms with van der Waals surface area (Å²) < 4.78 is 34.4. The van der Waals surface area contributed by atoms with Gasteiger partial charge in [0.05, 0.1) is 27.7 Å². The molecule has 0 heterocycles. The first-order chi connectivity index (χ1) is 45.0. The van der Waals surface area contributed by atoms with Gasteiger partial charge in [-0.15, -0.1) is 0 Å². The van der Waals surface area contributed by atoms with Gasteiger partial charge in [0.15, 0.2) is 6.10 Å². The van der Waals surface area contributed by atoms with Crippen molar-refractivity contribution in [1.82, 2.24) is 0 Å². The summed E-state index contributed by atoms with van der Waals surface area (Å²) in [7, 11) is 1.17. The maximum absolute atomic E-state index is 12.9. The molecular weight excluding hydrogens is 1160 g/mol. The summed E-state index contributed by atoms with van der Waals surface area (Å²) in [6, 6.07) is 0. The third-order valence-corrected chi connectivity index (χ3v) is 17.7. The third-order valence-electron chi connectivity index (χ3n) is 16.8. The van der Waals surface area contributed by atoms with Gasteiger partial charge in [-0.25, -0.2) is 0 Å². The number of quaternary nitrogens is 1. The van der Waals surface area contributed by atoms with E-state index in [0.717, 1.165) is 89.9 Å². The first kappa shape index (κ1) is 88.7. The van der Waals surface area contributed by atoms with Gasteiger partial charge in [-0.1, -0.05) is 342 Å². The van der Waals surface area contributed by atoms with Crippen LogP contribution in [0.1, 0.15) is 348 Å². The molecule has 2 unspecified atom stereocenters. The second-order valence-corrected chi connectivity index (χ2v) is 28.4. The van der Waals surface area contributed by atoms with Crippen molar-refractivity contribution in [1.29, 1.82) is 0 Å². The lowest BCUT2D eigenvalue weighted by molar-refractivity contribution is -0.870. The van der Waals surface area contributed by atoms with Crippen LogP contribution in [0.25, 0.3) is 0 Å². The Bertz CT molecular complexity index is 1920. The minimum Gasteiger partial charge on any atom is -0.756 e. The van der Waals surface area contributed by atoms with Gasteiger partial charge in [0.25, 0.3) is 7.82 Å². The van der Waals surface area contributed by atoms with Crippen LogP contribution in [0.15, 0.2) is 109 Å². The Labute approximate surface area is 569 Å². The summed E-state index contributed by atoms with van der Waals surface area (Å²) >= 11 is 0. The van der Waals surface area contributed by atoms with Crippen LogP contribution in [0.5, 0.6) is 0 Å². The van der Waals surface area contributed by atoms with E-state index in [4.69, 9.17) is 18.5 Å². The van der Waals surface area contributed by atoms with Crippen molar-refractivity contribution in [2.24, 2.45) is 0 Å². The van der Waals surface area contributed by atoms with Gasteiger partial charge < -0.3 is 27.9 Å². The van der Waals surface area contributed by atoms with Crippen molar-refractivity contribution in [3.05, 3.63) is 109 Å². The molecule has 0 radical (unpaired) electrons. The number of carbonyl (C=O) groups is 2. The Hall–Kier alpha value is -3.33. The van der Waals surface area contributed by atoms with Gasteiger partial charge in [-0.3, -0.25) is 14.2 Å². The molecule has 0 aromatic carbocycles.